The van der Waals surface area contributed by atoms with Gasteiger partial charge >= 0.3 is 6.18 Å². The molecule has 28 heavy (non-hydrogen) atoms. The monoisotopic (exact) mass is 390 g/mol. The molecule has 3 saturated carbocycles. The summed E-state index contributed by atoms with van der Waals surface area (Å²) >= 11 is 0. The molecule has 9 heteroatoms. The molecule has 146 valence electrons. The van der Waals surface area contributed by atoms with E-state index in [-0.39, 0.29) is 34.4 Å². The summed E-state index contributed by atoms with van der Waals surface area (Å²) in [7, 11) is 0. The molecular formula is C19H17F3N4O2. The van der Waals surface area contributed by atoms with E-state index in [0.717, 1.165) is 25.3 Å². The van der Waals surface area contributed by atoms with E-state index >= 15 is 0 Å². The summed E-state index contributed by atoms with van der Waals surface area (Å²) in [6.45, 7) is 1.67. The van der Waals surface area contributed by atoms with Crippen LogP contribution in [0.2, 0.25) is 0 Å². The smallest absolute Gasteiger partial charge is 0.416 e. The highest BCUT2D eigenvalue weighted by molar-refractivity contribution is 5.77. The molecule has 2 heterocycles. The Balaban J connectivity index is 1.53. The Morgan fingerprint density at radius 1 is 1.21 bits per heavy atom. The number of hydrogen-bond donors (Lipinski definition) is 2. The van der Waals surface area contributed by atoms with Crippen LogP contribution in [0, 0.1) is 12.3 Å². The summed E-state index contributed by atoms with van der Waals surface area (Å²) in [5.74, 6) is -0.496. The van der Waals surface area contributed by atoms with Gasteiger partial charge in [-0.2, -0.15) is 18.3 Å². The molecule has 3 fully saturated rings. The number of rotatable bonds is 3. The number of hydrogen-bond acceptors (Lipinski definition) is 5. The van der Waals surface area contributed by atoms with Gasteiger partial charge in [-0.1, -0.05) is 0 Å². The predicted octanol–water partition coefficient (Wildman–Crippen LogP) is 3.40. The third kappa shape index (κ3) is 2.28. The van der Waals surface area contributed by atoms with Crippen molar-refractivity contribution < 1.29 is 23.4 Å². The number of phenols is 1. The molecule has 1 aromatic carbocycles. The van der Waals surface area contributed by atoms with Crippen LogP contribution in [0.4, 0.5) is 13.2 Å². The second-order valence-corrected chi connectivity index (χ2v) is 8.14. The van der Waals surface area contributed by atoms with Gasteiger partial charge in [0.1, 0.15) is 11.3 Å². The minimum Gasteiger partial charge on any atom is -0.507 e. The van der Waals surface area contributed by atoms with E-state index in [1.54, 1.807) is 0 Å². The zero-order chi connectivity index (χ0) is 19.9. The Bertz CT molecular complexity index is 1080. The maximum absolute atomic E-state index is 12.9. The average Bonchev–Trinajstić information content (AvgIpc) is 2.94. The summed E-state index contributed by atoms with van der Waals surface area (Å²) < 4.78 is 40.6. The van der Waals surface area contributed by atoms with Crippen LogP contribution in [0.3, 0.4) is 0 Å². The summed E-state index contributed by atoms with van der Waals surface area (Å²) in [6.07, 6.45) is 1.32. The van der Waals surface area contributed by atoms with E-state index in [1.165, 1.54) is 13.1 Å². The molecule has 0 amide bonds. The predicted molar refractivity (Wildman–Crippen MR) is 93.5 cm³/mol. The SMILES string of the molecule is Cc1cc(C(F)(F)F)cc(O)c1-c1cnc2cn(C34CC(CO)(C3)C4)nc2n1. The van der Waals surface area contributed by atoms with Gasteiger partial charge in [0, 0.05) is 17.6 Å². The van der Waals surface area contributed by atoms with Crippen LogP contribution in [0.15, 0.2) is 24.5 Å². The second kappa shape index (κ2) is 5.22. The van der Waals surface area contributed by atoms with Gasteiger partial charge in [-0.3, -0.25) is 4.68 Å². The number of alkyl halides is 3. The molecule has 3 aliphatic carbocycles. The van der Waals surface area contributed by atoms with Crippen molar-refractivity contribution in [2.75, 3.05) is 6.61 Å². The van der Waals surface area contributed by atoms with Crippen LogP contribution in [-0.4, -0.2) is 36.6 Å². The lowest BCUT2D eigenvalue weighted by Gasteiger charge is -2.69. The number of nitrogens with zero attached hydrogens (tertiary/aromatic N) is 4. The first-order valence-electron chi connectivity index (χ1n) is 8.90. The van der Waals surface area contributed by atoms with Gasteiger partial charge in [0.05, 0.1) is 29.2 Å². The van der Waals surface area contributed by atoms with Crippen molar-refractivity contribution in [3.05, 3.63) is 35.7 Å². The molecule has 0 spiro atoms. The minimum atomic E-state index is -4.54. The van der Waals surface area contributed by atoms with Crippen LogP contribution in [0.5, 0.6) is 5.75 Å². The Hall–Kier alpha value is -2.68. The van der Waals surface area contributed by atoms with Crippen molar-refractivity contribution in [1.29, 1.82) is 0 Å². The molecule has 2 aromatic heterocycles. The normalized spacial score (nSPS) is 26.2. The minimum absolute atomic E-state index is 0.0350. The van der Waals surface area contributed by atoms with E-state index in [4.69, 9.17) is 0 Å². The van der Waals surface area contributed by atoms with Gasteiger partial charge in [-0.05, 0) is 43.9 Å². The highest BCUT2D eigenvalue weighted by atomic mass is 19.4. The lowest BCUT2D eigenvalue weighted by atomic mass is 9.40. The molecule has 0 aliphatic heterocycles. The van der Waals surface area contributed by atoms with E-state index in [9.17, 15) is 23.4 Å². The number of aryl methyl sites for hydroxylation is 1. The van der Waals surface area contributed by atoms with Crippen LogP contribution in [-0.2, 0) is 11.7 Å². The Morgan fingerprint density at radius 2 is 1.93 bits per heavy atom. The summed E-state index contributed by atoms with van der Waals surface area (Å²) in [5.41, 5.74) is 0.725. The van der Waals surface area contributed by atoms with Crippen molar-refractivity contribution in [3.63, 3.8) is 0 Å². The van der Waals surface area contributed by atoms with Gasteiger partial charge in [0.2, 0.25) is 0 Å². The van der Waals surface area contributed by atoms with Gasteiger partial charge < -0.3 is 10.2 Å². The van der Waals surface area contributed by atoms with Crippen molar-refractivity contribution in [2.24, 2.45) is 5.41 Å². The molecular weight excluding hydrogens is 373 g/mol. The van der Waals surface area contributed by atoms with Gasteiger partial charge in [0.15, 0.2) is 5.65 Å². The molecule has 0 saturated heterocycles. The molecule has 3 aromatic rings. The van der Waals surface area contributed by atoms with E-state index < -0.39 is 17.5 Å². The number of halogens is 3. The van der Waals surface area contributed by atoms with Crippen LogP contribution >= 0.6 is 0 Å². The Labute approximate surface area is 157 Å². The number of phenolic OH excluding ortho intramolecular Hbond substituents is 1. The molecule has 2 N–H and O–H groups in total. The molecule has 0 atom stereocenters. The topological polar surface area (TPSA) is 84.1 Å². The van der Waals surface area contributed by atoms with E-state index in [2.05, 4.69) is 15.1 Å². The number of aliphatic hydroxyl groups excluding tert-OH is 1. The molecule has 0 radical (unpaired) electrons. The molecule has 3 aliphatic rings. The van der Waals surface area contributed by atoms with Crippen molar-refractivity contribution >= 4 is 11.2 Å². The molecule has 0 unspecified atom stereocenters. The third-order valence-electron chi connectivity index (χ3n) is 6.06. The summed E-state index contributed by atoms with van der Waals surface area (Å²) in [5, 5.41) is 24.1. The maximum atomic E-state index is 12.9. The highest BCUT2D eigenvalue weighted by Crippen LogP contribution is 2.70. The summed E-state index contributed by atoms with van der Waals surface area (Å²) in [4.78, 5) is 8.75. The second-order valence-electron chi connectivity index (χ2n) is 8.14. The largest absolute Gasteiger partial charge is 0.507 e. The first-order chi connectivity index (χ1) is 13.1. The summed E-state index contributed by atoms with van der Waals surface area (Å²) in [6, 6.07) is 1.68. The lowest BCUT2D eigenvalue weighted by molar-refractivity contribution is -0.212. The zero-order valence-corrected chi connectivity index (χ0v) is 15.0. The standard InChI is InChI=1S/C19H17F3N4O2/c1-10-2-11(19(20,21)22)3-14(28)15(10)12-4-23-13-5-26(25-16(13)24-12)18-6-17(7-18,8-18)9-27/h2-5,27-28H,6-9H2,1H3. The fraction of sp³-hybridized carbons (Fsp3) is 0.421. The van der Waals surface area contributed by atoms with Crippen molar-refractivity contribution in [2.45, 2.75) is 37.9 Å². The quantitative estimate of drug-likeness (QED) is 0.716. The third-order valence-corrected chi connectivity index (χ3v) is 6.06. The van der Waals surface area contributed by atoms with Gasteiger partial charge in [-0.15, -0.1) is 0 Å². The number of aromatic nitrogens is 4. The molecule has 6 rings (SSSR count). The van der Waals surface area contributed by atoms with Crippen molar-refractivity contribution in [1.82, 2.24) is 19.7 Å². The molecule has 6 nitrogen and oxygen atoms in total. The van der Waals surface area contributed by atoms with Gasteiger partial charge in [0.25, 0.3) is 0 Å². The number of benzene rings is 1. The average molecular weight is 390 g/mol. The Kier molecular flexibility index (Phi) is 3.25. The Morgan fingerprint density at radius 3 is 2.54 bits per heavy atom. The molecule has 2 bridgehead atoms. The van der Waals surface area contributed by atoms with Crippen LogP contribution < -0.4 is 0 Å². The zero-order valence-electron chi connectivity index (χ0n) is 15.0. The fourth-order valence-electron chi connectivity index (χ4n) is 4.78. The van der Waals surface area contributed by atoms with E-state index in [1.807, 2.05) is 10.9 Å². The van der Waals surface area contributed by atoms with Crippen LogP contribution in [0.25, 0.3) is 22.4 Å². The lowest BCUT2D eigenvalue weighted by Crippen LogP contribution is -2.69. The van der Waals surface area contributed by atoms with Gasteiger partial charge in [-0.25, -0.2) is 9.97 Å². The van der Waals surface area contributed by atoms with Crippen LogP contribution in [0.1, 0.15) is 30.4 Å². The first kappa shape index (κ1) is 17.4. The number of aromatic hydroxyl groups is 1. The number of fused-ring (bicyclic) bond motifs is 1. The van der Waals surface area contributed by atoms with Crippen molar-refractivity contribution in [3.8, 4) is 17.0 Å². The maximum Gasteiger partial charge on any atom is 0.416 e. The first-order valence-corrected chi connectivity index (χ1v) is 8.90. The fourth-order valence-corrected chi connectivity index (χ4v) is 4.78. The highest BCUT2D eigenvalue weighted by Gasteiger charge is 2.69. The van der Waals surface area contributed by atoms with E-state index in [0.29, 0.717) is 17.2 Å². The number of aliphatic hydroxyl groups is 1.